The van der Waals surface area contributed by atoms with Crippen molar-refractivity contribution in [2.45, 2.75) is 4.90 Å². The Kier molecular flexibility index (Phi) is 7.81. The van der Waals surface area contributed by atoms with Gasteiger partial charge >= 0.3 is 7.60 Å². The van der Waals surface area contributed by atoms with Crippen LogP contribution >= 0.6 is 19.5 Å². The zero-order valence-electron chi connectivity index (χ0n) is 16.4. The minimum absolute atomic E-state index is 0.0387. The molecule has 0 aliphatic heterocycles. The highest BCUT2D eigenvalue weighted by atomic mass is 32.2. The maximum atomic E-state index is 13.7. The number of benzene rings is 3. The largest absolute Gasteiger partial charge is 0.497 e. The topological polar surface area (TPSA) is 71.8 Å². The Hall–Kier alpha value is -2.91. The molecule has 0 bridgehead atoms. The molecule has 8 heteroatoms. The molecule has 3 aromatic carbocycles. The number of methoxy groups -OCH3 is 1. The number of nitriles is 1. The first-order valence-electron chi connectivity index (χ1n) is 9.12. The first-order valence-corrected chi connectivity index (χ1v) is 11.6. The van der Waals surface area contributed by atoms with Gasteiger partial charge in [0, 0.05) is 4.90 Å². The summed E-state index contributed by atoms with van der Waals surface area (Å²) in [5, 5.41) is 9.28. The second-order valence-electron chi connectivity index (χ2n) is 6.13. The van der Waals surface area contributed by atoms with Crippen LogP contribution in [0, 0.1) is 11.3 Å². The average molecular weight is 440 g/mol. The molecule has 0 fully saturated rings. The molecule has 30 heavy (non-hydrogen) atoms. The summed E-state index contributed by atoms with van der Waals surface area (Å²) in [7, 11) is -2.07. The Morgan fingerprint density at radius 2 is 1.40 bits per heavy atom. The summed E-state index contributed by atoms with van der Waals surface area (Å²) in [5.41, 5.74) is 0. The molecular weight excluding hydrogens is 419 g/mol. The molecule has 6 nitrogen and oxygen atoms in total. The normalized spacial score (nSPS) is 11.0. The minimum Gasteiger partial charge on any atom is -0.497 e. The van der Waals surface area contributed by atoms with Gasteiger partial charge in [-0.25, -0.2) is 8.87 Å². The molecule has 0 N–H and O–H groups in total. The lowest BCUT2D eigenvalue weighted by atomic mass is 10.3. The van der Waals surface area contributed by atoms with E-state index in [1.165, 1.54) is 11.9 Å². The van der Waals surface area contributed by atoms with E-state index in [9.17, 15) is 9.83 Å². The van der Waals surface area contributed by atoms with Crippen LogP contribution < -0.4 is 13.8 Å². The van der Waals surface area contributed by atoms with Crippen LogP contribution in [0.15, 0.2) is 89.8 Å². The van der Waals surface area contributed by atoms with Crippen molar-refractivity contribution < 1.29 is 18.3 Å². The van der Waals surface area contributed by atoms with Crippen molar-refractivity contribution in [2.24, 2.45) is 0 Å². The molecule has 0 saturated carbocycles. The molecule has 0 aliphatic carbocycles. The van der Waals surface area contributed by atoms with Crippen LogP contribution in [0.1, 0.15) is 0 Å². The van der Waals surface area contributed by atoms with E-state index in [0.29, 0.717) is 11.5 Å². The monoisotopic (exact) mass is 440 g/mol. The minimum atomic E-state index is -3.67. The van der Waals surface area contributed by atoms with Crippen molar-refractivity contribution in [1.29, 1.82) is 5.26 Å². The third-order valence-corrected chi connectivity index (χ3v) is 6.70. The highest BCUT2D eigenvalue weighted by Gasteiger charge is 2.32. The summed E-state index contributed by atoms with van der Waals surface area (Å²) in [6.07, 6.45) is -0.0823. The number of ether oxygens (including phenoxy) is 1. The van der Waals surface area contributed by atoms with Gasteiger partial charge in [0.05, 0.1) is 19.7 Å². The van der Waals surface area contributed by atoms with E-state index < -0.39 is 7.60 Å². The van der Waals surface area contributed by atoms with E-state index in [1.54, 1.807) is 59.9 Å². The quantitative estimate of drug-likeness (QED) is 0.223. The zero-order valence-corrected chi connectivity index (χ0v) is 18.1. The molecule has 154 valence electrons. The summed E-state index contributed by atoms with van der Waals surface area (Å²) < 4.78 is 32.1. The van der Waals surface area contributed by atoms with Crippen molar-refractivity contribution in [3.8, 4) is 23.3 Å². The lowest BCUT2D eigenvalue weighted by Crippen LogP contribution is -2.21. The van der Waals surface area contributed by atoms with Crippen LogP contribution in [-0.2, 0) is 4.57 Å². The van der Waals surface area contributed by atoms with Gasteiger partial charge in [-0.15, -0.1) is 0 Å². The Morgan fingerprint density at radius 1 is 0.867 bits per heavy atom. The highest BCUT2D eigenvalue weighted by molar-refractivity contribution is 7.97. The molecule has 0 unspecified atom stereocenters. The van der Waals surface area contributed by atoms with Gasteiger partial charge in [-0.05, 0) is 60.5 Å². The lowest BCUT2D eigenvalue weighted by Gasteiger charge is -2.25. The van der Waals surface area contributed by atoms with Gasteiger partial charge in [-0.1, -0.05) is 36.4 Å². The van der Waals surface area contributed by atoms with Crippen molar-refractivity contribution in [3.05, 3.63) is 84.9 Å². The number of rotatable bonds is 10. The molecule has 0 aromatic heterocycles. The fourth-order valence-corrected chi connectivity index (χ4v) is 5.39. The number of nitrogens with zero attached hydrogens (tertiary/aromatic N) is 2. The third-order valence-electron chi connectivity index (χ3n) is 3.85. The van der Waals surface area contributed by atoms with E-state index >= 15 is 0 Å². The second-order valence-corrected chi connectivity index (χ2v) is 9.17. The van der Waals surface area contributed by atoms with Crippen molar-refractivity contribution >= 4 is 19.5 Å². The van der Waals surface area contributed by atoms with Gasteiger partial charge in [0.1, 0.15) is 23.5 Å². The standard InChI is InChI=1S/C22H21N2O4PS/c1-26-19-12-14-22(15-13-19)30-24(17-16-23)18-29(25,27-20-8-4-2-5-9-20)28-21-10-6-3-7-11-21/h2-15H,17-18H2,1H3. The van der Waals surface area contributed by atoms with E-state index in [0.717, 1.165) is 10.6 Å². The van der Waals surface area contributed by atoms with Gasteiger partial charge in [0.25, 0.3) is 0 Å². The van der Waals surface area contributed by atoms with E-state index in [4.69, 9.17) is 13.8 Å². The van der Waals surface area contributed by atoms with E-state index in [1.807, 2.05) is 36.4 Å². The van der Waals surface area contributed by atoms with Crippen LogP contribution in [-0.4, -0.2) is 24.2 Å². The summed E-state index contributed by atoms with van der Waals surface area (Å²) in [6, 6.07) is 27.2. The first-order chi connectivity index (χ1) is 14.6. The van der Waals surface area contributed by atoms with Crippen molar-refractivity contribution in [1.82, 2.24) is 4.31 Å². The molecule has 0 aliphatic rings. The van der Waals surface area contributed by atoms with Crippen LogP contribution in [0.3, 0.4) is 0 Å². The van der Waals surface area contributed by atoms with Gasteiger partial charge in [-0.2, -0.15) is 5.26 Å². The Bertz CT molecular complexity index is 965. The van der Waals surface area contributed by atoms with Gasteiger partial charge < -0.3 is 13.8 Å². The smallest absolute Gasteiger partial charge is 0.445 e. The van der Waals surface area contributed by atoms with Crippen LogP contribution in [0.4, 0.5) is 0 Å². The summed E-state index contributed by atoms with van der Waals surface area (Å²) in [5.74, 6) is 1.60. The number of para-hydroxylation sites is 2. The fourth-order valence-electron chi connectivity index (χ4n) is 2.53. The Balaban J connectivity index is 1.82. The molecule has 3 rings (SSSR count). The SMILES string of the molecule is COc1ccc(SN(CC#N)CP(=O)(Oc2ccccc2)Oc2ccccc2)cc1. The van der Waals surface area contributed by atoms with Gasteiger partial charge in [-0.3, -0.25) is 0 Å². The van der Waals surface area contributed by atoms with Crippen molar-refractivity contribution in [2.75, 3.05) is 19.9 Å². The fraction of sp³-hybridized carbons (Fsp3) is 0.136. The highest BCUT2D eigenvalue weighted by Crippen LogP contribution is 2.50. The third kappa shape index (κ3) is 6.57. The summed E-state index contributed by atoms with van der Waals surface area (Å²) >= 11 is 1.30. The van der Waals surface area contributed by atoms with Crippen LogP contribution in [0.2, 0.25) is 0 Å². The first kappa shape index (κ1) is 21.8. The summed E-state index contributed by atoms with van der Waals surface area (Å²) in [4.78, 5) is 0.872. The molecule has 0 amide bonds. The molecule has 3 aromatic rings. The van der Waals surface area contributed by atoms with Crippen LogP contribution in [0.25, 0.3) is 0 Å². The average Bonchev–Trinajstić information content (AvgIpc) is 2.75. The molecule has 0 saturated heterocycles. The molecule has 0 radical (unpaired) electrons. The molecule has 0 heterocycles. The van der Waals surface area contributed by atoms with Gasteiger partial charge in [0.2, 0.25) is 0 Å². The number of hydrogen-bond acceptors (Lipinski definition) is 7. The molecular formula is C22H21N2O4PS. The maximum Gasteiger partial charge on any atom is 0.445 e. The Labute approximate surface area is 180 Å². The second kappa shape index (κ2) is 10.7. The number of hydrogen-bond donors (Lipinski definition) is 0. The molecule has 0 atom stereocenters. The molecule has 0 spiro atoms. The maximum absolute atomic E-state index is 13.7. The summed E-state index contributed by atoms with van der Waals surface area (Å²) in [6.45, 7) is 0.0387. The lowest BCUT2D eigenvalue weighted by molar-refractivity contribution is 0.369. The van der Waals surface area contributed by atoms with Gasteiger partial charge in [0.15, 0.2) is 0 Å². The predicted molar refractivity (Wildman–Crippen MR) is 118 cm³/mol. The van der Waals surface area contributed by atoms with E-state index in [-0.39, 0.29) is 12.8 Å². The Morgan fingerprint density at radius 3 is 1.87 bits per heavy atom. The van der Waals surface area contributed by atoms with Crippen molar-refractivity contribution in [3.63, 3.8) is 0 Å². The van der Waals surface area contributed by atoms with E-state index in [2.05, 4.69) is 6.07 Å². The predicted octanol–water partition coefficient (Wildman–Crippen LogP) is 5.84. The zero-order chi connectivity index (χ0) is 21.2. The van der Waals surface area contributed by atoms with Crippen LogP contribution in [0.5, 0.6) is 17.2 Å².